The molecular formula is C9H13NO. The molecule has 0 aromatic heterocycles. The molecule has 0 N–H and O–H groups in total. The number of hydrogen-bond acceptors (Lipinski definition) is 2. The van der Waals surface area contributed by atoms with E-state index in [1.54, 1.807) is 6.21 Å². The maximum atomic E-state index is 4.48. The van der Waals surface area contributed by atoms with Gasteiger partial charge in [-0.05, 0) is 18.8 Å². The molecule has 0 aliphatic heterocycles. The lowest BCUT2D eigenvalue weighted by molar-refractivity contribution is 0.215. The van der Waals surface area contributed by atoms with Crippen LogP contribution in [0.2, 0.25) is 0 Å². The third-order valence-corrected chi connectivity index (χ3v) is 1.59. The molecule has 0 heterocycles. The summed E-state index contributed by atoms with van der Waals surface area (Å²) in [5.41, 5.74) is 0. The van der Waals surface area contributed by atoms with Gasteiger partial charge in [-0.2, -0.15) is 0 Å². The molecular weight excluding hydrogens is 138 g/mol. The van der Waals surface area contributed by atoms with E-state index in [0.717, 1.165) is 12.3 Å². The van der Waals surface area contributed by atoms with Crippen molar-refractivity contribution in [1.82, 2.24) is 0 Å². The van der Waals surface area contributed by atoms with Crippen LogP contribution < -0.4 is 0 Å². The fraction of sp³-hybridized carbons (Fsp3) is 0.667. The van der Waals surface area contributed by atoms with Crippen LogP contribution in [-0.4, -0.2) is 13.3 Å². The first-order valence-corrected chi connectivity index (χ1v) is 3.94. The minimum absolute atomic E-state index is 0.709. The largest absolute Gasteiger partial charge is 0.399 e. The standard InChI is InChI=1S/C9H13NO/c1-11-10-8-4-2-3-5-9-6-7-9/h8-9H,4-7H2,1H3. The second kappa shape index (κ2) is 4.79. The van der Waals surface area contributed by atoms with Crippen molar-refractivity contribution in [3.8, 4) is 11.8 Å². The van der Waals surface area contributed by atoms with Gasteiger partial charge in [0.15, 0.2) is 0 Å². The Hall–Kier alpha value is -0.970. The molecule has 1 fully saturated rings. The summed E-state index contributed by atoms with van der Waals surface area (Å²) in [6.45, 7) is 0. The summed E-state index contributed by atoms with van der Waals surface area (Å²) in [7, 11) is 1.54. The molecule has 1 saturated carbocycles. The van der Waals surface area contributed by atoms with Crippen molar-refractivity contribution < 1.29 is 4.84 Å². The van der Waals surface area contributed by atoms with Gasteiger partial charge in [0.05, 0.1) is 6.21 Å². The number of oxime groups is 1. The topological polar surface area (TPSA) is 21.6 Å². The second-order valence-electron chi connectivity index (χ2n) is 2.68. The lowest BCUT2D eigenvalue weighted by Crippen LogP contribution is -1.74. The van der Waals surface area contributed by atoms with Crippen LogP contribution in [0.15, 0.2) is 5.16 Å². The molecule has 0 aromatic carbocycles. The van der Waals surface area contributed by atoms with Crippen LogP contribution in [0.3, 0.4) is 0 Å². The minimum Gasteiger partial charge on any atom is -0.399 e. The summed E-state index contributed by atoms with van der Waals surface area (Å²) in [5, 5.41) is 3.58. The molecule has 1 aliphatic carbocycles. The quantitative estimate of drug-likeness (QED) is 0.342. The van der Waals surface area contributed by atoms with Crippen molar-refractivity contribution in [2.24, 2.45) is 11.1 Å². The van der Waals surface area contributed by atoms with Crippen molar-refractivity contribution in [2.75, 3.05) is 7.11 Å². The van der Waals surface area contributed by atoms with Gasteiger partial charge in [0.1, 0.15) is 7.11 Å². The lowest BCUT2D eigenvalue weighted by Gasteiger charge is -1.81. The molecule has 1 rings (SSSR count). The fourth-order valence-electron chi connectivity index (χ4n) is 0.768. The maximum absolute atomic E-state index is 4.48. The number of hydrogen-bond donors (Lipinski definition) is 0. The Kier molecular flexibility index (Phi) is 3.54. The summed E-state index contributed by atoms with van der Waals surface area (Å²) in [6, 6.07) is 0. The highest BCUT2D eigenvalue weighted by Crippen LogP contribution is 2.31. The molecule has 0 unspecified atom stereocenters. The van der Waals surface area contributed by atoms with Gasteiger partial charge in [-0.25, -0.2) is 0 Å². The third kappa shape index (κ3) is 4.44. The van der Waals surface area contributed by atoms with Crippen LogP contribution >= 0.6 is 0 Å². The van der Waals surface area contributed by atoms with Crippen LogP contribution in [-0.2, 0) is 4.84 Å². The van der Waals surface area contributed by atoms with Gasteiger partial charge in [-0.15, -0.1) is 5.92 Å². The number of nitrogens with zero attached hydrogens (tertiary/aromatic N) is 1. The van der Waals surface area contributed by atoms with Crippen LogP contribution in [0.5, 0.6) is 0 Å². The molecule has 2 heteroatoms. The molecule has 0 saturated heterocycles. The van der Waals surface area contributed by atoms with E-state index in [1.807, 2.05) is 0 Å². The molecule has 2 nitrogen and oxygen atoms in total. The molecule has 0 atom stereocenters. The minimum atomic E-state index is 0.709. The van der Waals surface area contributed by atoms with Crippen molar-refractivity contribution in [2.45, 2.75) is 25.7 Å². The molecule has 11 heavy (non-hydrogen) atoms. The smallest absolute Gasteiger partial charge is 0.106 e. The Morgan fingerprint density at radius 2 is 2.36 bits per heavy atom. The van der Waals surface area contributed by atoms with Crippen molar-refractivity contribution >= 4 is 6.21 Å². The Labute approximate surface area is 67.6 Å². The van der Waals surface area contributed by atoms with E-state index in [-0.39, 0.29) is 0 Å². The first-order valence-electron chi connectivity index (χ1n) is 3.94. The van der Waals surface area contributed by atoms with Gasteiger partial charge >= 0.3 is 0 Å². The molecule has 0 radical (unpaired) electrons. The summed E-state index contributed by atoms with van der Waals surface area (Å²) >= 11 is 0. The van der Waals surface area contributed by atoms with E-state index in [4.69, 9.17) is 0 Å². The van der Waals surface area contributed by atoms with Gasteiger partial charge in [-0.1, -0.05) is 11.1 Å². The molecule has 60 valence electrons. The van der Waals surface area contributed by atoms with E-state index in [9.17, 15) is 0 Å². The molecule has 0 amide bonds. The SMILES string of the molecule is CON=CCC#CCC1CC1. The first-order chi connectivity index (χ1) is 5.43. The fourth-order valence-corrected chi connectivity index (χ4v) is 0.768. The van der Waals surface area contributed by atoms with E-state index in [2.05, 4.69) is 21.8 Å². The third-order valence-electron chi connectivity index (χ3n) is 1.59. The predicted octanol–water partition coefficient (Wildman–Crippen LogP) is 1.81. The van der Waals surface area contributed by atoms with E-state index >= 15 is 0 Å². The molecule has 1 aliphatic rings. The van der Waals surface area contributed by atoms with Crippen molar-refractivity contribution in [3.05, 3.63) is 0 Å². The molecule has 0 bridgehead atoms. The zero-order chi connectivity index (χ0) is 7.94. The average molecular weight is 151 g/mol. The van der Waals surface area contributed by atoms with Gasteiger partial charge in [0, 0.05) is 12.8 Å². The predicted molar refractivity (Wildman–Crippen MR) is 45.2 cm³/mol. The van der Waals surface area contributed by atoms with Crippen molar-refractivity contribution in [3.63, 3.8) is 0 Å². The Bertz CT molecular complexity index is 183. The van der Waals surface area contributed by atoms with Gasteiger partial charge < -0.3 is 4.84 Å². The molecule has 0 aromatic rings. The highest BCUT2D eigenvalue weighted by Gasteiger charge is 2.19. The van der Waals surface area contributed by atoms with E-state index < -0.39 is 0 Å². The molecule has 0 spiro atoms. The lowest BCUT2D eigenvalue weighted by atomic mass is 10.3. The van der Waals surface area contributed by atoms with Crippen molar-refractivity contribution in [1.29, 1.82) is 0 Å². The average Bonchev–Trinajstić information content (AvgIpc) is 2.80. The van der Waals surface area contributed by atoms with Gasteiger partial charge in [0.25, 0.3) is 0 Å². The highest BCUT2D eigenvalue weighted by atomic mass is 16.6. The monoisotopic (exact) mass is 151 g/mol. The Balaban J connectivity index is 1.97. The van der Waals surface area contributed by atoms with Gasteiger partial charge in [-0.3, -0.25) is 0 Å². The van der Waals surface area contributed by atoms with Crippen LogP contribution in [0.25, 0.3) is 0 Å². The van der Waals surface area contributed by atoms with Crippen LogP contribution in [0.1, 0.15) is 25.7 Å². The van der Waals surface area contributed by atoms with Crippen LogP contribution in [0, 0.1) is 17.8 Å². The zero-order valence-corrected chi connectivity index (χ0v) is 6.84. The zero-order valence-electron chi connectivity index (χ0n) is 6.84. The first kappa shape index (κ1) is 8.13. The summed E-state index contributed by atoms with van der Waals surface area (Å²) < 4.78 is 0. The van der Waals surface area contributed by atoms with Crippen LogP contribution in [0.4, 0.5) is 0 Å². The summed E-state index contributed by atoms with van der Waals surface area (Å²) in [5.74, 6) is 7.03. The summed E-state index contributed by atoms with van der Waals surface area (Å²) in [4.78, 5) is 4.48. The van der Waals surface area contributed by atoms with Gasteiger partial charge in [0.2, 0.25) is 0 Å². The summed E-state index contributed by atoms with van der Waals surface area (Å²) in [6.07, 6.45) is 6.21. The highest BCUT2D eigenvalue weighted by molar-refractivity contribution is 5.60. The Morgan fingerprint density at radius 3 is 3.00 bits per heavy atom. The second-order valence-corrected chi connectivity index (χ2v) is 2.68. The van der Waals surface area contributed by atoms with E-state index in [1.165, 1.54) is 20.0 Å². The normalized spacial score (nSPS) is 16.1. The van der Waals surface area contributed by atoms with E-state index in [0.29, 0.717) is 6.42 Å². The number of rotatable bonds is 3. The maximum Gasteiger partial charge on any atom is 0.106 e. The Morgan fingerprint density at radius 1 is 1.55 bits per heavy atom.